The Morgan fingerprint density at radius 2 is 1.57 bits per heavy atom. The van der Waals surface area contributed by atoms with Crippen LogP contribution in [-0.2, 0) is 30.5 Å². The maximum absolute atomic E-state index is 9.00. The molecule has 0 heterocycles. The zero-order valence-corrected chi connectivity index (χ0v) is 5.23. The number of rotatable bonds is 0. The molecule has 0 aromatic carbocycles. The number of carboxylic acids is 1. The summed E-state index contributed by atoms with van der Waals surface area (Å²) in [5.41, 5.74) is 0. The first-order valence-electron chi connectivity index (χ1n) is 1.34. The van der Waals surface area contributed by atoms with Gasteiger partial charge in [0.05, 0.1) is 0 Å². The predicted octanol–water partition coefficient (Wildman–Crippen LogP) is -0.149. The third-order valence-corrected chi connectivity index (χ3v) is 0. The second-order valence-electron chi connectivity index (χ2n) is 0.602. The summed E-state index contributed by atoms with van der Waals surface area (Å²) in [6, 6.07) is 0. The standard InChI is InChI=1S/C2H4O2.2O.Ti/c1-2(3)4;;;/h1H3,(H,3,4);;;. The van der Waals surface area contributed by atoms with Crippen LogP contribution in [0.4, 0.5) is 0 Å². The van der Waals surface area contributed by atoms with E-state index in [1.54, 1.807) is 0 Å². The van der Waals surface area contributed by atoms with E-state index in [9.17, 15) is 0 Å². The number of carbonyl (C=O) groups is 1. The molecule has 4 nitrogen and oxygen atoms in total. The molecule has 7 heavy (non-hydrogen) atoms. The van der Waals surface area contributed by atoms with Gasteiger partial charge in [-0.05, 0) is 0 Å². The van der Waals surface area contributed by atoms with Crippen LogP contribution in [0.2, 0.25) is 0 Å². The van der Waals surface area contributed by atoms with Gasteiger partial charge in [-0.2, -0.15) is 0 Å². The van der Waals surface area contributed by atoms with Crippen LogP contribution in [0.25, 0.3) is 0 Å². The molecule has 0 radical (unpaired) electrons. The molecule has 5 heteroatoms. The van der Waals surface area contributed by atoms with Gasteiger partial charge in [0.25, 0.3) is 5.97 Å². The van der Waals surface area contributed by atoms with Gasteiger partial charge in [0.1, 0.15) is 0 Å². The van der Waals surface area contributed by atoms with Crippen LogP contribution in [0.3, 0.4) is 0 Å². The van der Waals surface area contributed by atoms with Crippen molar-refractivity contribution in [2.45, 2.75) is 6.92 Å². The van der Waals surface area contributed by atoms with Crippen molar-refractivity contribution < 1.29 is 35.6 Å². The van der Waals surface area contributed by atoms with E-state index in [4.69, 9.17) is 16.6 Å². The SMILES string of the molecule is CC(=O)O.[O]=[Ti]=[O]. The monoisotopic (exact) mass is 140 g/mol. The van der Waals surface area contributed by atoms with Gasteiger partial charge < -0.3 is 5.11 Å². The van der Waals surface area contributed by atoms with Crippen molar-refractivity contribution >= 4 is 5.97 Å². The van der Waals surface area contributed by atoms with Crippen LogP contribution < -0.4 is 0 Å². The number of hydrogen-bond donors (Lipinski definition) is 1. The molecule has 0 atom stereocenters. The third-order valence-electron chi connectivity index (χ3n) is 0. The molecule has 0 aliphatic carbocycles. The van der Waals surface area contributed by atoms with E-state index in [2.05, 4.69) is 0 Å². The van der Waals surface area contributed by atoms with Crippen molar-refractivity contribution in [1.29, 1.82) is 0 Å². The van der Waals surface area contributed by atoms with E-state index in [1.165, 1.54) is 0 Å². The summed E-state index contributed by atoms with van der Waals surface area (Å²) in [6.45, 7) is 1.08. The minimum atomic E-state index is -2.00. The molecule has 0 bridgehead atoms. The van der Waals surface area contributed by atoms with Gasteiger partial charge in [-0.25, -0.2) is 0 Å². The summed E-state index contributed by atoms with van der Waals surface area (Å²) in [4.78, 5) is 9.00. The second-order valence-corrected chi connectivity index (χ2v) is 0.863. The molecule has 0 amide bonds. The molecule has 0 aromatic heterocycles. The van der Waals surface area contributed by atoms with Crippen LogP contribution in [0.5, 0.6) is 0 Å². The first-order valence-corrected chi connectivity index (χ1v) is 2.61. The summed E-state index contributed by atoms with van der Waals surface area (Å²) >= 11 is -2.00. The van der Waals surface area contributed by atoms with Crippen LogP contribution >= 0.6 is 0 Å². The second kappa shape index (κ2) is 9.25. The third kappa shape index (κ3) is 1780. The fourth-order valence-corrected chi connectivity index (χ4v) is 0. The van der Waals surface area contributed by atoms with E-state index < -0.39 is 25.1 Å². The number of carboxylic acid groups (broad SMARTS) is 1. The number of aliphatic carboxylic acids is 1. The molecule has 0 fully saturated rings. The van der Waals surface area contributed by atoms with Crippen LogP contribution in [0, 0.1) is 0 Å². The topological polar surface area (TPSA) is 71.4 Å². The average molecular weight is 140 g/mol. The molecule has 1 N–H and O–H groups in total. The van der Waals surface area contributed by atoms with Gasteiger partial charge in [-0.1, -0.05) is 0 Å². The quantitative estimate of drug-likeness (QED) is 0.475. The summed E-state index contributed by atoms with van der Waals surface area (Å²) in [5.74, 6) is -0.833. The summed E-state index contributed by atoms with van der Waals surface area (Å²) in [7, 11) is 0. The van der Waals surface area contributed by atoms with Crippen molar-refractivity contribution in [2.24, 2.45) is 0 Å². The Morgan fingerprint density at radius 3 is 1.57 bits per heavy atom. The molecular formula is C2H4O4Ti. The Bertz CT molecular complexity index is 77.7. The first kappa shape index (κ1) is 9.92. The van der Waals surface area contributed by atoms with E-state index in [0.717, 1.165) is 6.92 Å². The van der Waals surface area contributed by atoms with Crippen molar-refractivity contribution in [2.75, 3.05) is 0 Å². The maximum atomic E-state index is 9.00. The van der Waals surface area contributed by atoms with Gasteiger partial charge in [-0.15, -0.1) is 0 Å². The Kier molecular flexibility index (Phi) is 13.1. The molecular weight excluding hydrogens is 136 g/mol. The van der Waals surface area contributed by atoms with Crippen molar-refractivity contribution in [3.8, 4) is 0 Å². The van der Waals surface area contributed by atoms with Crippen molar-refractivity contribution in [3.63, 3.8) is 0 Å². The van der Waals surface area contributed by atoms with E-state index in [1.807, 2.05) is 0 Å². The minimum absolute atomic E-state index is 0.833. The molecule has 0 aliphatic rings. The fourth-order valence-electron chi connectivity index (χ4n) is 0. The summed E-state index contributed by atoms with van der Waals surface area (Å²) in [5, 5.41) is 7.42. The summed E-state index contributed by atoms with van der Waals surface area (Å²) in [6.07, 6.45) is 0. The Hall–Kier alpha value is -0.216. The van der Waals surface area contributed by atoms with Gasteiger partial charge in [0.15, 0.2) is 0 Å². The molecule has 0 rings (SSSR count). The fraction of sp³-hybridized carbons (Fsp3) is 0.500. The van der Waals surface area contributed by atoms with Gasteiger partial charge in [0, 0.05) is 6.92 Å². The van der Waals surface area contributed by atoms with E-state index >= 15 is 0 Å². The molecule has 40 valence electrons. The molecule has 0 aromatic rings. The van der Waals surface area contributed by atoms with Crippen molar-refractivity contribution in [1.82, 2.24) is 0 Å². The van der Waals surface area contributed by atoms with Crippen LogP contribution in [0.15, 0.2) is 0 Å². The number of hydrogen-bond acceptors (Lipinski definition) is 3. The average Bonchev–Trinajstić information content (AvgIpc) is 1.33. The molecule has 0 saturated heterocycles. The van der Waals surface area contributed by atoms with Crippen LogP contribution in [-0.4, -0.2) is 11.1 Å². The van der Waals surface area contributed by atoms with Gasteiger partial charge >= 0.3 is 25.7 Å². The Morgan fingerprint density at radius 1 is 1.57 bits per heavy atom. The van der Waals surface area contributed by atoms with Gasteiger partial charge in [0.2, 0.25) is 0 Å². The Balaban J connectivity index is 0. The predicted molar refractivity (Wildman–Crippen MR) is 14.7 cm³/mol. The zero-order valence-electron chi connectivity index (χ0n) is 3.67. The van der Waals surface area contributed by atoms with Crippen LogP contribution in [0.1, 0.15) is 6.92 Å². The normalized spacial score (nSPS) is 4.71. The summed E-state index contributed by atoms with van der Waals surface area (Å²) < 4.78 is 17.0. The zero-order chi connectivity index (χ0) is 6.28. The van der Waals surface area contributed by atoms with E-state index in [-0.39, 0.29) is 0 Å². The molecule has 0 saturated carbocycles. The van der Waals surface area contributed by atoms with Crippen molar-refractivity contribution in [3.05, 3.63) is 0 Å². The molecule has 0 aliphatic heterocycles. The van der Waals surface area contributed by atoms with E-state index in [0.29, 0.717) is 0 Å². The Labute approximate surface area is 49.1 Å². The molecule has 0 spiro atoms. The van der Waals surface area contributed by atoms with Gasteiger partial charge in [-0.3, -0.25) is 4.79 Å². The molecule has 0 unspecified atom stereocenters. The first-order chi connectivity index (χ1) is 3.15.